The highest BCUT2D eigenvalue weighted by molar-refractivity contribution is 7.92. The van der Waals surface area contributed by atoms with Crippen molar-refractivity contribution in [2.24, 2.45) is 4.99 Å². The molecule has 11 heteroatoms. The Bertz CT molecular complexity index is 1630. The molecule has 34 heavy (non-hydrogen) atoms. The summed E-state index contributed by atoms with van der Waals surface area (Å²) in [4.78, 5) is 28.0. The van der Waals surface area contributed by atoms with Gasteiger partial charge in [0, 0.05) is 23.4 Å². The minimum absolute atomic E-state index is 0.0853. The number of carbonyl (C=O) groups excluding carboxylic acids is 1. The Labute approximate surface area is 198 Å². The summed E-state index contributed by atoms with van der Waals surface area (Å²) in [5, 5.41) is 11.1. The monoisotopic (exact) mass is 492 g/mol. The van der Waals surface area contributed by atoms with Gasteiger partial charge in [0.05, 0.1) is 26.6 Å². The third kappa shape index (κ3) is 4.73. The van der Waals surface area contributed by atoms with Gasteiger partial charge in [0.1, 0.15) is 0 Å². The molecule has 1 aromatic heterocycles. The summed E-state index contributed by atoms with van der Waals surface area (Å²) >= 11 is 1.09. The van der Waals surface area contributed by atoms with E-state index in [9.17, 15) is 23.3 Å². The number of nitrogens with zero attached hydrogens (tertiary/aromatic N) is 3. The van der Waals surface area contributed by atoms with Crippen LogP contribution in [0.25, 0.3) is 10.2 Å². The van der Waals surface area contributed by atoms with E-state index in [-0.39, 0.29) is 33.2 Å². The SMILES string of the molecule is C#CCn1c(=NC(=O)c2cccc(NS(=O)(=O)c3ccccc3)c2)sc2cc([N+](=O)[O-])ccc21. The van der Waals surface area contributed by atoms with E-state index < -0.39 is 20.9 Å². The molecular weight excluding hydrogens is 476 g/mol. The van der Waals surface area contributed by atoms with Gasteiger partial charge in [-0.25, -0.2) is 8.42 Å². The number of nitro groups is 1. The van der Waals surface area contributed by atoms with Crippen LogP contribution in [0, 0.1) is 22.5 Å². The van der Waals surface area contributed by atoms with Crippen molar-refractivity contribution in [3.63, 3.8) is 0 Å². The zero-order valence-electron chi connectivity index (χ0n) is 17.4. The molecule has 9 nitrogen and oxygen atoms in total. The Morgan fingerprint density at radius 1 is 1.12 bits per heavy atom. The lowest BCUT2D eigenvalue weighted by atomic mass is 10.2. The molecule has 0 saturated carbocycles. The van der Waals surface area contributed by atoms with Gasteiger partial charge in [-0.1, -0.05) is 41.5 Å². The lowest BCUT2D eigenvalue weighted by Gasteiger charge is -2.08. The van der Waals surface area contributed by atoms with Crippen LogP contribution in [0.2, 0.25) is 0 Å². The number of amides is 1. The van der Waals surface area contributed by atoms with Crippen LogP contribution in [-0.2, 0) is 16.6 Å². The summed E-state index contributed by atoms with van der Waals surface area (Å²) in [5.41, 5.74) is 0.889. The van der Waals surface area contributed by atoms with Gasteiger partial charge in [-0.15, -0.1) is 6.42 Å². The first-order valence-corrected chi connectivity index (χ1v) is 12.1. The molecule has 0 radical (unpaired) electrons. The number of hydrogen-bond donors (Lipinski definition) is 1. The summed E-state index contributed by atoms with van der Waals surface area (Å²) < 4.78 is 29.8. The molecule has 0 aliphatic heterocycles. The summed E-state index contributed by atoms with van der Waals surface area (Å²) in [7, 11) is -3.83. The molecule has 170 valence electrons. The molecule has 0 aliphatic rings. The lowest BCUT2D eigenvalue weighted by molar-refractivity contribution is -0.384. The van der Waals surface area contributed by atoms with E-state index in [4.69, 9.17) is 6.42 Å². The predicted octanol–water partition coefficient (Wildman–Crippen LogP) is 3.79. The Balaban J connectivity index is 1.70. The van der Waals surface area contributed by atoms with Gasteiger partial charge >= 0.3 is 0 Å². The van der Waals surface area contributed by atoms with Crippen LogP contribution in [0.5, 0.6) is 0 Å². The van der Waals surface area contributed by atoms with E-state index >= 15 is 0 Å². The standard InChI is InChI=1S/C23H16N4O5S2/c1-2-13-26-20-12-11-18(27(29)30)15-21(20)33-23(26)24-22(28)16-7-6-8-17(14-16)25-34(31,32)19-9-4-3-5-10-19/h1,3-12,14-15,25H,13H2. The largest absolute Gasteiger partial charge is 0.305 e. The third-order valence-corrected chi connectivity index (χ3v) is 7.18. The maximum Gasteiger partial charge on any atom is 0.279 e. The van der Waals surface area contributed by atoms with Gasteiger partial charge in [0.15, 0.2) is 4.80 Å². The van der Waals surface area contributed by atoms with Crippen LogP contribution in [0.4, 0.5) is 11.4 Å². The molecule has 1 N–H and O–H groups in total. The number of carbonyl (C=O) groups is 1. The first-order chi connectivity index (χ1) is 16.3. The summed E-state index contributed by atoms with van der Waals surface area (Å²) in [6.45, 7) is 0.112. The highest BCUT2D eigenvalue weighted by atomic mass is 32.2. The number of anilines is 1. The van der Waals surface area contributed by atoms with Crippen LogP contribution in [0.3, 0.4) is 0 Å². The van der Waals surface area contributed by atoms with Gasteiger partial charge in [-0.05, 0) is 36.4 Å². The number of non-ortho nitro benzene ring substituents is 1. The molecule has 4 aromatic rings. The molecule has 4 rings (SSSR count). The quantitative estimate of drug-likeness (QED) is 0.249. The fraction of sp³-hybridized carbons (Fsp3) is 0.0435. The molecule has 1 heterocycles. The van der Waals surface area contributed by atoms with Crippen molar-refractivity contribution >= 4 is 48.9 Å². The van der Waals surface area contributed by atoms with E-state index in [2.05, 4.69) is 15.6 Å². The fourth-order valence-corrected chi connectivity index (χ4v) is 5.32. The van der Waals surface area contributed by atoms with Crippen LogP contribution in [0.15, 0.2) is 82.7 Å². The minimum atomic E-state index is -3.83. The van der Waals surface area contributed by atoms with Crippen molar-refractivity contribution in [1.29, 1.82) is 0 Å². The number of nitrogens with one attached hydrogen (secondary N) is 1. The summed E-state index contributed by atoms with van der Waals surface area (Å²) in [6.07, 6.45) is 5.46. The zero-order valence-corrected chi connectivity index (χ0v) is 19.0. The number of hydrogen-bond acceptors (Lipinski definition) is 6. The molecule has 0 saturated heterocycles. The topological polar surface area (TPSA) is 124 Å². The smallest absolute Gasteiger partial charge is 0.279 e. The van der Waals surface area contributed by atoms with Crippen molar-refractivity contribution in [2.45, 2.75) is 11.4 Å². The van der Waals surface area contributed by atoms with Gasteiger partial charge in [-0.2, -0.15) is 4.99 Å². The van der Waals surface area contributed by atoms with Crippen LogP contribution in [0.1, 0.15) is 10.4 Å². The van der Waals surface area contributed by atoms with Crippen LogP contribution < -0.4 is 9.52 Å². The second-order valence-electron chi connectivity index (χ2n) is 7.00. The molecule has 0 atom stereocenters. The van der Waals surface area contributed by atoms with Gasteiger partial charge in [0.2, 0.25) is 0 Å². The van der Waals surface area contributed by atoms with Gasteiger partial charge in [-0.3, -0.25) is 19.6 Å². The van der Waals surface area contributed by atoms with E-state index in [0.717, 1.165) is 11.3 Å². The number of sulfonamides is 1. The maximum absolute atomic E-state index is 12.9. The lowest BCUT2D eigenvalue weighted by Crippen LogP contribution is -2.17. The van der Waals surface area contributed by atoms with E-state index in [1.54, 1.807) is 28.8 Å². The second-order valence-corrected chi connectivity index (χ2v) is 9.69. The zero-order chi connectivity index (χ0) is 24.3. The molecule has 0 spiro atoms. The fourth-order valence-electron chi connectivity index (χ4n) is 3.19. The normalized spacial score (nSPS) is 11.8. The molecule has 0 fully saturated rings. The molecule has 0 aliphatic carbocycles. The molecule has 3 aromatic carbocycles. The Morgan fingerprint density at radius 2 is 1.88 bits per heavy atom. The molecule has 1 amide bonds. The third-order valence-electron chi connectivity index (χ3n) is 4.74. The predicted molar refractivity (Wildman–Crippen MR) is 129 cm³/mol. The average molecular weight is 493 g/mol. The van der Waals surface area contributed by atoms with Crippen molar-refractivity contribution in [3.8, 4) is 12.3 Å². The van der Waals surface area contributed by atoms with Crippen molar-refractivity contribution in [2.75, 3.05) is 4.72 Å². The average Bonchev–Trinajstić information content (AvgIpc) is 3.16. The van der Waals surface area contributed by atoms with Crippen LogP contribution >= 0.6 is 11.3 Å². The first kappa shape index (κ1) is 22.9. The Kier molecular flexibility index (Phi) is 6.27. The number of nitro benzene ring substituents is 1. The number of rotatable bonds is 6. The van der Waals surface area contributed by atoms with Gasteiger partial charge < -0.3 is 4.57 Å². The number of fused-ring (bicyclic) bond motifs is 1. The number of thiazole rings is 1. The highest BCUT2D eigenvalue weighted by Crippen LogP contribution is 2.23. The van der Waals surface area contributed by atoms with E-state index in [1.165, 1.54) is 48.5 Å². The number of benzene rings is 3. The van der Waals surface area contributed by atoms with Crippen molar-refractivity contribution in [3.05, 3.63) is 93.3 Å². The van der Waals surface area contributed by atoms with E-state index in [1.807, 2.05) is 0 Å². The van der Waals surface area contributed by atoms with Gasteiger partial charge in [0.25, 0.3) is 21.6 Å². The minimum Gasteiger partial charge on any atom is -0.305 e. The Morgan fingerprint density at radius 3 is 2.59 bits per heavy atom. The summed E-state index contributed by atoms with van der Waals surface area (Å²) in [5.74, 6) is 1.87. The number of aromatic nitrogens is 1. The van der Waals surface area contributed by atoms with Crippen LogP contribution in [-0.4, -0.2) is 23.8 Å². The molecule has 0 bridgehead atoms. The first-order valence-electron chi connectivity index (χ1n) is 9.77. The van der Waals surface area contributed by atoms with Crippen molar-refractivity contribution < 1.29 is 18.1 Å². The van der Waals surface area contributed by atoms with E-state index in [0.29, 0.717) is 10.2 Å². The second kappa shape index (κ2) is 9.30. The molecule has 0 unspecified atom stereocenters. The maximum atomic E-state index is 12.9. The highest BCUT2D eigenvalue weighted by Gasteiger charge is 2.16. The molecular formula is C23H16N4O5S2. The number of terminal acetylenes is 1. The Hall–Kier alpha value is -4.27. The van der Waals surface area contributed by atoms with Crippen molar-refractivity contribution in [1.82, 2.24) is 4.57 Å². The summed E-state index contributed by atoms with van der Waals surface area (Å²) in [6, 6.07) is 18.1.